The fourth-order valence-corrected chi connectivity index (χ4v) is 3.19. The smallest absolute Gasteiger partial charge is 0.453 e. The fourth-order valence-electron chi connectivity index (χ4n) is 3.19. The van der Waals surface area contributed by atoms with Crippen molar-refractivity contribution >= 4 is 11.9 Å². The predicted octanol–water partition coefficient (Wildman–Crippen LogP) is 4.13. The van der Waals surface area contributed by atoms with Crippen molar-refractivity contribution in [3.63, 3.8) is 0 Å². The number of rotatable bonds is 4. The molecule has 6 nitrogen and oxygen atoms in total. The molecule has 0 aliphatic carbocycles. The molecule has 1 aliphatic rings. The van der Waals surface area contributed by atoms with Crippen molar-refractivity contribution in [1.82, 2.24) is 14.8 Å². The van der Waals surface area contributed by atoms with Crippen LogP contribution in [0.1, 0.15) is 49.7 Å². The number of nitrogens with one attached hydrogen (secondary N) is 1. The van der Waals surface area contributed by atoms with Crippen molar-refractivity contribution < 1.29 is 22.7 Å². The normalized spacial score (nSPS) is 19.3. The molecule has 0 amide bonds. The summed E-state index contributed by atoms with van der Waals surface area (Å²) in [6.45, 7) is 9.69. The Labute approximate surface area is 160 Å². The van der Waals surface area contributed by atoms with Gasteiger partial charge in [-0.15, -0.1) is 5.10 Å². The second-order valence-electron chi connectivity index (χ2n) is 6.85. The van der Waals surface area contributed by atoms with Gasteiger partial charge in [-0.2, -0.15) is 18.2 Å². The molecule has 9 heteroatoms. The molecule has 0 saturated carbocycles. The standard InChI is InChI=1S/C19H21F3N4O2/c1-5-28-16(27)14-11(4)23-18-24-17(19(20,21)22)25-26(18)15(14)13-8-6-12(7-9-13)10(2)3/h6-10,14-15H,4-5H2,1-3H3,(H,23,24,25)/t14-,15+/m0/s1. The van der Waals surface area contributed by atoms with E-state index in [9.17, 15) is 18.0 Å². The molecule has 2 heterocycles. The minimum Gasteiger partial charge on any atom is -0.465 e. The topological polar surface area (TPSA) is 69.0 Å². The van der Waals surface area contributed by atoms with Gasteiger partial charge in [0.2, 0.25) is 5.95 Å². The number of carbonyl (C=O) groups excluding carboxylic acids is 1. The number of ether oxygens (including phenoxy) is 1. The number of esters is 1. The molecule has 0 saturated heterocycles. The Morgan fingerprint density at radius 1 is 1.32 bits per heavy atom. The van der Waals surface area contributed by atoms with E-state index in [1.807, 2.05) is 26.0 Å². The molecular formula is C19H21F3N4O2. The average Bonchev–Trinajstić information content (AvgIpc) is 3.04. The van der Waals surface area contributed by atoms with E-state index in [-0.39, 0.29) is 24.2 Å². The van der Waals surface area contributed by atoms with Crippen LogP contribution in [0.15, 0.2) is 36.5 Å². The first-order valence-electron chi connectivity index (χ1n) is 8.89. The van der Waals surface area contributed by atoms with E-state index < -0.39 is 29.9 Å². The van der Waals surface area contributed by atoms with Crippen LogP contribution in [0, 0.1) is 5.92 Å². The molecule has 1 aromatic heterocycles. The third-order valence-electron chi connectivity index (χ3n) is 4.60. The number of alkyl halides is 3. The fraction of sp³-hybridized carbons (Fsp3) is 0.421. The van der Waals surface area contributed by atoms with Gasteiger partial charge in [0.1, 0.15) is 5.92 Å². The molecular weight excluding hydrogens is 373 g/mol. The molecule has 0 spiro atoms. The number of anilines is 1. The van der Waals surface area contributed by atoms with Gasteiger partial charge in [-0.25, -0.2) is 4.68 Å². The predicted molar refractivity (Wildman–Crippen MR) is 96.6 cm³/mol. The van der Waals surface area contributed by atoms with Crippen LogP contribution in [0.4, 0.5) is 19.1 Å². The van der Waals surface area contributed by atoms with Gasteiger partial charge in [-0.05, 0) is 24.0 Å². The van der Waals surface area contributed by atoms with Crippen molar-refractivity contribution in [3.05, 3.63) is 53.5 Å². The molecule has 0 bridgehead atoms. The van der Waals surface area contributed by atoms with E-state index in [2.05, 4.69) is 22.0 Å². The molecule has 0 radical (unpaired) electrons. The van der Waals surface area contributed by atoms with Crippen LogP contribution in [0.2, 0.25) is 0 Å². The van der Waals surface area contributed by atoms with Gasteiger partial charge in [-0.3, -0.25) is 4.79 Å². The maximum absolute atomic E-state index is 13.1. The van der Waals surface area contributed by atoms with E-state index >= 15 is 0 Å². The van der Waals surface area contributed by atoms with Gasteiger partial charge in [0.15, 0.2) is 0 Å². The number of hydrogen-bond acceptors (Lipinski definition) is 5. The second-order valence-corrected chi connectivity index (χ2v) is 6.85. The number of hydrogen-bond donors (Lipinski definition) is 1. The van der Waals surface area contributed by atoms with Crippen molar-refractivity contribution in [3.8, 4) is 0 Å². The Morgan fingerprint density at radius 3 is 2.50 bits per heavy atom. The van der Waals surface area contributed by atoms with E-state index in [1.165, 1.54) is 0 Å². The minimum atomic E-state index is -4.71. The lowest BCUT2D eigenvalue weighted by atomic mass is 9.88. The summed E-state index contributed by atoms with van der Waals surface area (Å²) in [5, 5.41) is 6.30. The largest absolute Gasteiger partial charge is 0.465 e. The number of carbonyl (C=O) groups is 1. The van der Waals surface area contributed by atoms with Crippen molar-refractivity contribution in [2.75, 3.05) is 11.9 Å². The maximum atomic E-state index is 13.1. The molecule has 2 aromatic rings. The molecule has 0 fully saturated rings. The molecule has 1 aliphatic heterocycles. The first-order valence-corrected chi connectivity index (χ1v) is 8.89. The van der Waals surface area contributed by atoms with Crippen LogP contribution in [0.3, 0.4) is 0 Å². The highest BCUT2D eigenvalue weighted by molar-refractivity contribution is 5.79. The molecule has 0 unspecified atom stereocenters. The lowest BCUT2D eigenvalue weighted by molar-refractivity contribution is -0.147. The first kappa shape index (κ1) is 19.9. The Balaban J connectivity index is 2.13. The van der Waals surface area contributed by atoms with Gasteiger partial charge in [-0.1, -0.05) is 44.7 Å². The summed E-state index contributed by atoms with van der Waals surface area (Å²) in [5.41, 5.74) is 1.90. The lowest BCUT2D eigenvalue weighted by Gasteiger charge is -2.33. The summed E-state index contributed by atoms with van der Waals surface area (Å²) in [7, 11) is 0. The third-order valence-corrected chi connectivity index (χ3v) is 4.60. The van der Waals surface area contributed by atoms with Crippen LogP contribution < -0.4 is 5.32 Å². The third kappa shape index (κ3) is 3.61. The lowest BCUT2D eigenvalue weighted by Crippen LogP contribution is -2.37. The number of fused-ring (bicyclic) bond motifs is 1. The van der Waals surface area contributed by atoms with Crippen LogP contribution in [-0.4, -0.2) is 27.3 Å². The highest BCUT2D eigenvalue weighted by Gasteiger charge is 2.44. The number of aromatic nitrogens is 3. The van der Waals surface area contributed by atoms with Crippen LogP contribution >= 0.6 is 0 Å². The number of benzene rings is 1. The molecule has 3 rings (SSSR count). The van der Waals surface area contributed by atoms with Gasteiger partial charge < -0.3 is 10.1 Å². The molecule has 2 atom stereocenters. The molecule has 1 N–H and O–H groups in total. The second kappa shape index (κ2) is 7.29. The Hall–Kier alpha value is -2.84. The highest BCUT2D eigenvalue weighted by atomic mass is 19.4. The quantitative estimate of drug-likeness (QED) is 0.790. The Bertz CT molecular complexity index is 888. The van der Waals surface area contributed by atoms with Gasteiger partial charge in [0, 0.05) is 5.70 Å². The summed E-state index contributed by atoms with van der Waals surface area (Å²) in [6.07, 6.45) is -4.71. The number of halogens is 3. The van der Waals surface area contributed by atoms with E-state index in [0.717, 1.165) is 10.2 Å². The Morgan fingerprint density at radius 2 is 1.96 bits per heavy atom. The van der Waals surface area contributed by atoms with Crippen LogP contribution in [0.5, 0.6) is 0 Å². The zero-order valence-electron chi connectivity index (χ0n) is 15.7. The molecule has 1 aromatic carbocycles. The van der Waals surface area contributed by atoms with Crippen molar-refractivity contribution in [2.45, 2.75) is 38.9 Å². The molecule has 150 valence electrons. The zero-order valence-corrected chi connectivity index (χ0v) is 15.7. The van der Waals surface area contributed by atoms with Gasteiger partial charge >= 0.3 is 12.1 Å². The summed E-state index contributed by atoms with van der Waals surface area (Å²) in [6, 6.07) is 6.47. The summed E-state index contributed by atoms with van der Waals surface area (Å²) in [4.78, 5) is 16.1. The zero-order chi connectivity index (χ0) is 20.6. The van der Waals surface area contributed by atoms with E-state index in [4.69, 9.17) is 4.74 Å². The first-order chi connectivity index (χ1) is 13.1. The van der Waals surface area contributed by atoms with Crippen molar-refractivity contribution in [2.24, 2.45) is 5.92 Å². The van der Waals surface area contributed by atoms with E-state index in [0.29, 0.717) is 5.56 Å². The monoisotopic (exact) mass is 394 g/mol. The summed E-state index contributed by atoms with van der Waals surface area (Å²) in [5.74, 6) is -2.64. The van der Waals surface area contributed by atoms with Crippen LogP contribution in [0.25, 0.3) is 0 Å². The van der Waals surface area contributed by atoms with Gasteiger partial charge in [0.05, 0.1) is 12.6 Å². The van der Waals surface area contributed by atoms with Crippen LogP contribution in [-0.2, 0) is 15.7 Å². The Kier molecular flexibility index (Phi) is 5.18. The highest BCUT2D eigenvalue weighted by Crippen LogP contribution is 2.40. The molecule has 28 heavy (non-hydrogen) atoms. The number of nitrogens with zero attached hydrogens (tertiary/aromatic N) is 3. The SMILES string of the molecule is C=C1Nc2nc(C(F)(F)F)nn2[C@H](c2ccc(C(C)C)cc2)[C@H]1C(=O)OCC. The minimum absolute atomic E-state index is 0.115. The van der Waals surface area contributed by atoms with Gasteiger partial charge in [0.25, 0.3) is 5.82 Å². The van der Waals surface area contributed by atoms with Crippen molar-refractivity contribution in [1.29, 1.82) is 0 Å². The summed E-state index contributed by atoms with van der Waals surface area (Å²) >= 11 is 0. The average molecular weight is 394 g/mol. The summed E-state index contributed by atoms with van der Waals surface area (Å²) < 4.78 is 45.6. The maximum Gasteiger partial charge on any atom is 0.453 e. The van der Waals surface area contributed by atoms with E-state index in [1.54, 1.807) is 19.1 Å².